The molecule has 5 aromatic rings. The van der Waals surface area contributed by atoms with Crippen molar-refractivity contribution in [2.75, 3.05) is 5.73 Å². The van der Waals surface area contributed by atoms with Crippen molar-refractivity contribution in [1.82, 2.24) is 4.57 Å². The molecule has 0 radical (unpaired) electrons. The molecule has 1 aromatic heterocycles. The van der Waals surface area contributed by atoms with Crippen LogP contribution in [-0.4, -0.2) is 16.0 Å². The van der Waals surface area contributed by atoms with Crippen LogP contribution >= 0.6 is 0 Å². The second kappa shape index (κ2) is 8.64. The summed E-state index contributed by atoms with van der Waals surface area (Å²) < 4.78 is 2.16. The van der Waals surface area contributed by atoms with Gasteiger partial charge in [0, 0.05) is 27.2 Å². The molecule has 4 aromatic carbocycles. The van der Waals surface area contributed by atoms with E-state index >= 15 is 0 Å². The van der Waals surface area contributed by atoms with Crippen molar-refractivity contribution in [3.63, 3.8) is 0 Å². The minimum atomic E-state index is 0.0622. The van der Waals surface area contributed by atoms with Gasteiger partial charge < -0.3 is 10.3 Å². The van der Waals surface area contributed by atoms with Crippen LogP contribution in [0.15, 0.2) is 114 Å². The fraction of sp³-hybridized carbons (Fsp3) is 0. The van der Waals surface area contributed by atoms with E-state index in [-0.39, 0.29) is 16.9 Å². The predicted octanol–water partition coefficient (Wildman–Crippen LogP) is 6.03. The van der Waals surface area contributed by atoms with Crippen LogP contribution in [0.2, 0.25) is 0 Å². The summed E-state index contributed by atoms with van der Waals surface area (Å²) >= 11 is 0. The van der Waals surface area contributed by atoms with Crippen LogP contribution in [0.25, 0.3) is 38.3 Å². The molecule has 0 atom stereocenters. The lowest BCUT2D eigenvalue weighted by Gasteiger charge is -2.18. The summed E-state index contributed by atoms with van der Waals surface area (Å²) in [7, 11) is 0. The summed E-state index contributed by atoms with van der Waals surface area (Å²) in [5, 5.41) is 17.6. The van der Waals surface area contributed by atoms with E-state index in [1.165, 1.54) is 0 Å². The minimum absolute atomic E-state index is 0.0622. The number of benzene rings is 4. The van der Waals surface area contributed by atoms with E-state index in [0.29, 0.717) is 10.8 Å². The van der Waals surface area contributed by atoms with Crippen LogP contribution < -0.4 is 11.2 Å². The average molecular weight is 443 g/mol. The molecular formula is C29H22N4O. The third-order valence-corrected chi connectivity index (χ3v) is 5.88. The summed E-state index contributed by atoms with van der Waals surface area (Å²) in [6, 6.07) is 27.6. The molecule has 4 N–H and O–H groups in total. The van der Waals surface area contributed by atoms with E-state index in [4.69, 9.17) is 16.6 Å². The first-order valence-corrected chi connectivity index (χ1v) is 10.9. The molecule has 5 nitrogen and oxygen atoms in total. The highest BCUT2D eigenvalue weighted by Gasteiger charge is 2.14. The summed E-state index contributed by atoms with van der Waals surface area (Å²) in [5.74, 6) is 0. The number of nitrogens with two attached hydrogens (primary N) is 1. The SMILES string of the molecule is N=C1C=CC=CC1=N.Nc1ccc(-n2c3ccccc3c(=O)c3ccccc32)c2ccccc12. The van der Waals surface area contributed by atoms with Crippen molar-refractivity contribution < 1.29 is 0 Å². The second-order valence-electron chi connectivity index (χ2n) is 7.96. The Balaban J connectivity index is 0.000000257. The number of fused-ring (bicyclic) bond motifs is 3. The molecule has 0 saturated carbocycles. The molecule has 5 heteroatoms. The number of nitrogens with one attached hydrogen (secondary N) is 2. The van der Waals surface area contributed by atoms with Gasteiger partial charge >= 0.3 is 0 Å². The van der Waals surface area contributed by atoms with Crippen molar-refractivity contribution in [2.24, 2.45) is 0 Å². The number of allylic oxidation sites excluding steroid dienone is 4. The van der Waals surface area contributed by atoms with Crippen LogP contribution in [0.1, 0.15) is 0 Å². The van der Waals surface area contributed by atoms with Crippen molar-refractivity contribution >= 4 is 49.7 Å². The van der Waals surface area contributed by atoms with Crippen LogP contribution in [0.3, 0.4) is 0 Å². The highest BCUT2D eigenvalue weighted by atomic mass is 16.1. The number of nitrogens with zero attached hydrogens (tertiary/aromatic N) is 1. The molecule has 0 aliphatic heterocycles. The molecule has 1 aliphatic carbocycles. The third kappa shape index (κ3) is 3.59. The predicted molar refractivity (Wildman–Crippen MR) is 143 cm³/mol. The molecule has 164 valence electrons. The van der Waals surface area contributed by atoms with Gasteiger partial charge in [-0.2, -0.15) is 0 Å². The largest absolute Gasteiger partial charge is 0.398 e. The molecule has 0 bridgehead atoms. The second-order valence-corrected chi connectivity index (χ2v) is 7.96. The maximum Gasteiger partial charge on any atom is 0.197 e. The van der Waals surface area contributed by atoms with E-state index in [1.54, 1.807) is 24.3 Å². The first-order chi connectivity index (χ1) is 16.6. The minimum Gasteiger partial charge on any atom is -0.398 e. The lowest BCUT2D eigenvalue weighted by molar-refractivity contribution is 1.18. The highest BCUT2D eigenvalue weighted by Crippen LogP contribution is 2.31. The number of hydrogen-bond acceptors (Lipinski definition) is 4. The van der Waals surface area contributed by atoms with E-state index in [0.717, 1.165) is 33.2 Å². The maximum atomic E-state index is 13.0. The Morgan fingerprint density at radius 1 is 0.588 bits per heavy atom. The monoisotopic (exact) mass is 442 g/mol. The van der Waals surface area contributed by atoms with Crippen molar-refractivity contribution in [3.8, 4) is 5.69 Å². The number of rotatable bonds is 1. The van der Waals surface area contributed by atoms with Crippen LogP contribution in [-0.2, 0) is 0 Å². The Morgan fingerprint density at radius 3 is 1.59 bits per heavy atom. The van der Waals surface area contributed by atoms with Crippen LogP contribution in [0.4, 0.5) is 5.69 Å². The Labute approximate surface area is 196 Å². The summed E-state index contributed by atoms with van der Waals surface area (Å²) in [5.41, 5.74) is 10.4. The molecule has 0 saturated heterocycles. The van der Waals surface area contributed by atoms with Gasteiger partial charge in [0.05, 0.1) is 28.1 Å². The Bertz CT molecular complexity index is 1640. The molecule has 34 heavy (non-hydrogen) atoms. The number of para-hydroxylation sites is 2. The van der Waals surface area contributed by atoms with Crippen molar-refractivity contribution in [2.45, 2.75) is 0 Å². The molecule has 0 unspecified atom stereocenters. The number of aromatic nitrogens is 1. The first-order valence-electron chi connectivity index (χ1n) is 10.9. The number of anilines is 1. The maximum absolute atomic E-state index is 13.0. The fourth-order valence-corrected chi connectivity index (χ4v) is 4.24. The van der Waals surface area contributed by atoms with Gasteiger partial charge in [0.2, 0.25) is 0 Å². The Kier molecular flexibility index (Phi) is 5.36. The lowest BCUT2D eigenvalue weighted by atomic mass is 10.0. The van der Waals surface area contributed by atoms with Crippen LogP contribution in [0.5, 0.6) is 0 Å². The van der Waals surface area contributed by atoms with E-state index in [9.17, 15) is 4.79 Å². The lowest BCUT2D eigenvalue weighted by Crippen LogP contribution is -2.10. The van der Waals surface area contributed by atoms with E-state index in [2.05, 4.69) is 10.6 Å². The molecule has 1 aliphatic rings. The number of hydrogen-bond donors (Lipinski definition) is 3. The smallest absolute Gasteiger partial charge is 0.197 e. The number of nitrogen functional groups attached to an aromatic ring is 1. The quantitative estimate of drug-likeness (QED) is 0.168. The normalized spacial score (nSPS) is 12.8. The molecule has 1 heterocycles. The zero-order valence-corrected chi connectivity index (χ0v) is 18.3. The molecule has 6 rings (SSSR count). The van der Waals surface area contributed by atoms with Gasteiger partial charge in [0.15, 0.2) is 5.43 Å². The van der Waals surface area contributed by atoms with Gasteiger partial charge in [-0.3, -0.25) is 15.6 Å². The molecular weight excluding hydrogens is 420 g/mol. The molecule has 0 spiro atoms. The molecule has 0 fully saturated rings. The molecule has 0 amide bonds. The topological polar surface area (TPSA) is 95.7 Å². The van der Waals surface area contributed by atoms with Gasteiger partial charge in [-0.1, -0.05) is 60.7 Å². The number of pyridine rings is 1. The van der Waals surface area contributed by atoms with Gasteiger partial charge in [-0.25, -0.2) is 0 Å². The van der Waals surface area contributed by atoms with Gasteiger partial charge in [-0.15, -0.1) is 0 Å². The van der Waals surface area contributed by atoms with Gasteiger partial charge in [0.1, 0.15) is 0 Å². The van der Waals surface area contributed by atoms with Crippen LogP contribution in [0, 0.1) is 10.8 Å². The Hall–Kier alpha value is -4.77. The first kappa shape index (κ1) is 21.1. The summed E-state index contributed by atoms with van der Waals surface area (Å²) in [6.07, 6.45) is 6.70. The van der Waals surface area contributed by atoms with Crippen molar-refractivity contribution in [1.29, 1.82) is 10.8 Å². The Morgan fingerprint density at radius 2 is 1.06 bits per heavy atom. The standard InChI is InChI=1S/C23H16N2O.C6H6N2/c24-19-13-14-22(16-8-2-1-7-15(16)19)25-20-11-5-3-9-17(20)23(26)18-10-4-6-12-21(18)25;7-5-3-1-2-4-6(5)8/h1-14H,24H2;1-4,7-8H. The van der Waals surface area contributed by atoms with E-state index in [1.807, 2.05) is 78.9 Å². The zero-order valence-electron chi connectivity index (χ0n) is 18.3. The fourth-order valence-electron chi connectivity index (χ4n) is 4.24. The van der Waals surface area contributed by atoms with E-state index < -0.39 is 0 Å². The third-order valence-electron chi connectivity index (χ3n) is 5.88. The summed E-state index contributed by atoms with van der Waals surface area (Å²) in [4.78, 5) is 13.0. The average Bonchev–Trinajstić information content (AvgIpc) is 2.88. The van der Waals surface area contributed by atoms with Gasteiger partial charge in [0.25, 0.3) is 0 Å². The van der Waals surface area contributed by atoms with Crippen molar-refractivity contribution in [3.05, 3.63) is 119 Å². The highest BCUT2D eigenvalue weighted by molar-refractivity contribution is 6.48. The summed E-state index contributed by atoms with van der Waals surface area (Å²) in [6.45, 7) is 0. The zero-order chi connectivity index (χ0) is 23.7. The van der Waals surface area contributed by atoms with Gasteiger partial charge in [-0.05, 0) is 48.6 Å².